The van der Waals surface area contributed by atoms with E-state index in [4.69, 9.17) is 4.74 Å². The number of hydrogen-bond donors (Lipinski definition) is 0. The molecule has 1 aromatic carbocycles. The lowest BCUT2D eigenvalue weighted by molar-refractivity contribution is 0.0600. The Morgan fingerprint density at radius 1 is 1.29 bits per heavy atom. The summed E-state index contributed by atoms with van der Waals surface area (Å²) in [4.78, 5) is 22.2. The SMILES string of the molecule is C=CCOC(=O)Oc1ccc(C(=O)OC)cc1. The van der Waals surface area contributed by atoms with E-state index in [-0.39, 0.29) is 12.4 Å². The van der Waals surface area contributed by atoms with Gasteiger partial charge in [0.05, 0.1) is 12.7 Å². The maximum absolute atomic E-state index is 11.1. The molecule has 5 heteroatoms. The fraction of sp³-hybridized carbons (Fsp3) is 0.167. The molecule has 0 spiro atoms. The highest BCUT2D eigenvalue weighted by molar-refractivity contribution is 5.89. The van der Waals surface area contributed by atoms with E-state index in [1.165, 1.54) is 37.5 Å². The molecule has 0 saturated carbocycles. The molecule has 1 aromatic rings. The van der Waals surface area contributed by atoms with E-state index in [9.17, 15) is 9.59 Å². The van der Waals surface area contributed by atoms with Crippen LogP contribution in [0.25, 0.3) is 0 Å². The lowest BCUT2D eigenvalue weighted by Crippen LogP contribution is -2.10. The van der Waals surface area contributed by atoms with Gasteiger partial charge >= 0.3 is 12.1 Å². The number of benzene rings is 1. The number of rotatable bonds is 4. The Morgan fingerprint density at radius 2 is 1.94 bits per heavy atom. The summed E-state index contributed by atoms with van der Waals surface area (Å²) in [6, 6.07) is 5.92. The minimum absolute atomic E-state index is 0.0824. The number of esters is 1. The summed E-state index contributed by atoms with van der Waals surface area (Å²) < 4.78 is 14.0. The summed E-state index contributed by atoms with van der Waals surface area (Å²) in [7, 11) is 1.29. The maximum atomic E-state index is 11.1. The van der Waals surface area contributed by atoms with Gasteiger partial charge in [0.25, 0.3) is 0 Å². The van der Waals surface area contributed by atoms with Crippen LogP contribution in [0.15, 0.2) is 36.9 Å². The van der Waals surface area contributed by atoms with Crippen molar-refractivity contribution in [1.29, 1.82) is 0 Å². The highest BCUT2D eigenvalue weighted by Gasteiger charge is 2.07. The van der Waals surface area contributed by atoms with Crippen LogP contribution in [0.2, 0.25) is 0 Å². The summed E-state index contributed by atoms with van der Waals surface area (Å²) in [6.07, 6.45) is 0.609. The van der Waals surface area contributed by atoms with Gasteiger partial charge in [0, 0.05) is 0 Å². The molecule has 0 radical (unpaired) electrons. The molecule has 1 rings (SSSR count). The van der Waals surface area contributed by atoms with Crippen molar-refractivity contribution >= 4 is 12.1 Å². The van der Waals surface area contributed by atoms with Crippen molar-refractivity contribution in [2.75, 3.05) is 13.7 Å². The summed E-state index contributed by atoms with van der Waals surface area (Å²) in [5, 5.41) is 0. The van der Waals surface area contributed by atoms with Crippen LogP contribution in [0.5, 0.6) is 5.75 Å². The predicted octanol–water partition coefficient (Wildman–Crippen LogP) is 2.17. The molecule has 0 unspecified atom stereocenters. The third kappa shape index (κ3) is 3.98. The normalized spacial score (nSPS) is 9.24. The van der Waals surface area contributed by atoms with Gasteiger partial charge in [-0.3, -0.25) is 0 Å². The topological polar surface area (TPSA) is 61.8 Å². The molecule has 0 amide bonds. The zero-order chi connectivity index (χ0) is 12.7. The first-order chi connectivity index (χ1) is 8.17. The molecule has 0 heterocycles. The second-order valence-corrected chi connectivity index (χ2v) is 2.97. The van der Waals surface area contributed by atoms with Crippen LogP contribution in [0.4, 0.5) is 4.79 Å². The van der Waals surface area contributed by atoms with E-state index in [0.717, 1.165) is 0 Å². The minimum Gasteiger partial charge on any atom is -0.465 e. The van der Waals surface area contributed by atoms with Gasteiger partial charge in [-0.25, -0.2) is 9.59 Å². The maximum Gasteiger partial charge on any atom is 0.514 e. The van der Waals surface area contributed by atoms with E-state index >= 15 is 0 Å². The smallest absolute Gasteiger partial charge is 0.465 e. The van der Waals surface area contributed by atoms with E-state index in [1.807, 2.05) is 0 Å². The van der Waals surface area contributed by atoms with Gasteiger partial charge in [-0.05, 0) is 24.3 Å². The van der Waals surface area contributed by atoms with Crippen molar-refractivity contribution in [3.05, 3.63) is 42.5 Å². The summed E-state index contributed by atoms with van der Waals surface area (Å²) >= 11 is 0. The Morgan fingerprint density at radius 3 is 2.47 bits per heavy atom. The van der Waals surface area contributed by atoms with Gasteiger partial charge in [0.15, 0.2) is 0 Å². The van der Waals surface area contributed by atoms with Crippen molar-refractivity contribution in [3.63, 3.8) is 0 Å². The number of carbonyl (C=O) groups excluding carboxylic acids is 2. The molecule has 5 nitrogen and oxygen atoms in total. The Hall–Kier alpha value is -2.30. The van der Waals surface area contributed by atoms with Gasteiger partial charge in [-0.1, -0.05) is 12.7 Å². The fourth-order valence-corrected chi connectivity index (χ4v) is 1.03. The van der Waals surface area contributed by atoms with Crippen LogP contribution in [0, 0.1) is 0 Å². The quantitative estimate of drug-likeness (QED) is 0.455. The van der Waals surface area contributed by atoms with Crippen LogP contribution in [-0.2, 0) is 9.47 Å². The second kappa shape index (κ2) is 6.32. The van der Waals surface area contributed by atoms with Gasteiger partial charge in [-0.15, -0.1) is 0 Å². The summed E-state index contributed by atoms with van der Waals surface area (Å²) in [5.41, 5.74) is 0.374. The average Bonchev–Trinajstić information content (AvgIpc) is 2.36. The Balaban J connectivity index is 2.59. The van der Waals surface area contributed by atoms with E-state index in [1.54, 1.807) is 0 Å². The zero-order valence-corrected chi connectivity index (χ0v) is 9.34. The largest absolute Gasteiger partial charge is 0.514 e. The van der Waals surface area contributed by atoms with Gasteiger partial charge in [0.2, 0.25) is 0 Å². The van der Waals surface area contributed by atoms with Crippen LogP contribution >= 0.6 is 0 Å². The first kappa shape index (κ1) is 12.8. The Bertz CT molecular complexity index is 407. The third-order valence-corrected chi connectivity index (χ3v) is 1.80. The van der Waals surface area contributed by atoms with Crippen LogP contribution < -0.4 is 4.74 Å². The molecular formula is C12H12O5. The zero-order valence-electron chi connectivity index (χ0n) is 9.34. The van der Waals surface area contributed by atoms with Crippen LogP contribution in [0.1, 0.15) is 10.4 Å². The van der Waals surface area contributed by atoms with Gasteiger partial charge in [0.1, 0.15) is 12.4 Å². The van der Waals surface area contributed by atoms with Crippen molar-refractivity contribution in [2.24, 2.45) is 0 Å². The van der Waals surface area contributed by atoms with Crippen LogP contribution in [0.3, 0.4) is 0 Å². The second-order valence-electron chi connectivity index (χ2n) is 2.97. The lowest BCUT2D eigenvalue weighted by atomic mass is 10.2. The van der Waals surface area contributed by atoms with E-state index in [2.05, 4.69) is 16.1 Å². The van der Waals surface area contributed by atoms with Crippen molar-refractivity contribution in [2.45, 2.75) is 0 Å². The highest BCUT2D eigenvalue weighted by Crippen LogP contribution is 2.13. The Labute approximate surface area is 98.6 Å². The molecular weight excluding hydrogens is 224 g/mol. The van der Waals surface area contributed by atoms with Crippen molar-refractivity contribution < 1.29 is 23.8 Å². The highest BCUT2D eigenvalue weighted by atomic mass is 16.7. The van der Waals surface area contributed by atoms with Gasteiger partial charge in [-0.2, -0.15) is 0 Å². The minimum atomic E-state index is -0.823. The molecule has 0 aromatic heterocycles. The standard InChI is InChI=1S/C12H12O5/c1-3-8-16-12(14)17-10-6-4-9(5-7-10)11(13)15-2/h3-7H,1,8H2,2H3. The monoisotopic (exact) mass is 236 g/mol. The number of carbonyl (C=O) groups is 2. The molecule has 0 aliphatic carbocycles. The molecule has 0 fully saturated rings. The van der Waals surface area contributed by atoms with E-state index in [0.29, 0.717) is 5.56 Å². The Kier molecular flexibility index (Phi) is 4.75. The third-order valence-electron chi connectivity index (χ3n) is 1.80. The fourth-order valence-electron chi connectivity index (χ4n) is 1.03. The molecule has 17 heavy (non-hydrogen) atoms. The van der Waals surface area contributed by atoms with Crippen molar-refractivity contribution in [3.8, 4) is 5.75 Å². The molecule has 90 valence electrons. The molecule has 0 saturated heterocycles. The molecule has 0 aliphatic heterocycles. The number of ether oxygens (including phenoxy) is 3. The van der Waals surface area contributed by atoms with Gasteiger partial charge < -0.3 is 14.2 Å². The average molecular weight is 236 g/mol. The molecule has 0 bridgehead atoms. The summed E-state index contributed by atoms with van der Waals surface area (Å²) in [5.74, 6) is -0.169. The first-order valence-electron chi connectivity index (χ1n) is 4.81. The number of methoxy groups -OCH3 is 1. The molecule has 0 N–H and O–H groups in total. The van der Waals surface area contributed by atoms with Crippen molar-refractivity contribution in [1.82, 2.24) is 0 Å². The first-order valence-corrected chi connectivity index (χ1v) is 4.81. The number of hydrogen-bond acceptors (Lipinski definition) is 5. The summed E-state index contributed by atoms with van der Waals surface area (Å²) in [6.45, 7) is 3.48. The van der Waals surface area contributed by atoms with E-state index < -0.39 is 12.1 Å². The molecule has 0 aliphatic rings. The predicted molar refractivity (Wildman–Crippen MR) is 60.0 cm³/mol. The molecule has 0 atom stereocenters. The van der Waals surface area contributed by atoms with Crippen LogP contribution in [-0.4, -0.2) is 25.8 Å². The lowest BCUT2D eigenvalue weighted by Gasteiger charge is -2.04.